The maximum atomic E-state index is 13.0. The van der Waals surface area contributed by atoms with Crippen LogP contribution >= 0.6 is 0 Å². The quantitative estimate of drug-likeness (QED) is 0.387. The average Bonchev–Trinajstić information content (AvgIpc) is 3.56. The van der Waals surface area contributed by atoms with Gasteiger partial charge in [-0.2, -0.15) is 0 Å². The summed E-state index contributed by atoms with van der Waals surface area (Å²) in [4.78, 5) is 50.3. The molecule has 11 nitrogen and oxygen atoms in total. The first-order chi connectivity index (χ1) is 19.8. The summed E-state index contributed by atoms with van der Waals surface area (Å²) in [5.74, 6) is -0.240. The number of nitrogens with one attached hydrogen (secondary N) is 2. The molecule has 5 rings (SSSR count). The fraction of sp³-hybridized carbons (Fsp3) is 0.400. The van der Waals surface area contributed by atoms with E-state index in [1.165, 1.54) is 17.5 Å². The number of aryl methyl sites for hydroxylation is 2. The van der Waals surface area contributed by atoms with E-state index in [2.05, 4.69) is 50.5 Å². The zero-order valence-electron chi connectivity index (χ0n) is 23.9. The maximum Gasteiger partial charge on any atom is 0.319 e. The standard InChI is InChI=1S/C30H37N7O4/c1-21-7-4-5-8-26(21)35-15-17-36(18-16-35)27-10-9-23(19-24(27)33-29(39)25-20-41-22(2)32-25)28(38)31-11-6-12-37-14-13-34(3)30(37)40/h4-5,7-10,19-20H,6,11-18H2,1-3H3,(H,31,38)(H,33,39). The van der Waals surface area contributed by atoms with E-state index >= 15 is 0 Å². The molecule has 2 aliphatic heterocycles. The molecule has 2 aromatic carbocycles. The van der Waals surface area contributed by atoms with E-state index in [1.54, 1.807) is 35.9 Å². The van der Waals surface area contributed by atoms with E-state index in [9.17, 15) is 14.4 Å². The average molecular weight is 560 g/mol. The first-order valence-electron chi connectivity index (χ1n) is 14.0. The molecule has 2 aliphatic rings. The Bertz CT molecular complexity index is 1410. The smallest absolute Gasteiger partial charge is 0.319 e. The molecule has 3 heterocycles. The molecule has 216 valence electrons. The number of urea groups is 1. The van der Waals surface area contributed by atoms with Crippen LogP contribution in [0.1, 0.15) is 38.7 Å². The number of rotatable bonds is 9. The van der Waals surface area contributed by atoms with Gasteiger partial charge < -0.3 is 34.7 Å². The van der Waals surface area contributed by atoms with Gasteiger partial charge in [-0.1, -0.05) is 18.2 Å². The molecule has 1 aromatic heterocycles. The topological polar surface area (TPSA) is 114 Å². The van der Waals surface area contributed by atoms with Crippen LogP contribution in [0.4, 0.5) is 21.9 Å². The van der Waals surface area contributed by atoms with E-state index in [0.717, 1.165) is 38.4 Å². The second-order valence-corrected chi connectivity index (χ2v) is 10.5. The van der Waals surface area contributed by atoms with Gasteiger partial charge in [-0.05, 0) is 43.2 Å². The Hall–Kier alpha value is -4.54. The van der Waals surface area contributed by atoms with Gasteiger partial charge in [-0.25, -0.2) is 9.78 Å². The van der Waals surface area contributed by atoms with Crippen molar-refractivity contribution in [3.05, 3.63) is 71.4 Å². The lowest BCUT2D eigenvalue weighted by molar-refractivity contribution is 0.0951. The number of piperazine rings is 1. The predicted octanol–water partition coefficient (Wildman–Crippen LogP) is 3.36. The molecule has 41 heavy (non-hydrogen) atoms. The van der Waals surface area contributed by atoms with Crippen LogP contribution in [0.5, 0.6) is 0 Å². The van der Waals surface area contributed by atoms with Crippen molar-refractivity contribution in [1.29, 1.82) is 0 Å². The van der Waals surface area contributed by atoms with Crippen LogP contribution in [-0.2, 0) is 0 Å². The van der Waals surface area contributed by atoms with Gasteiger partial charge in [0.15, 0.2) is 11.6 Å². The van der Waals surface area contributed by atoms with E-state index in [0.29, 0.717) is 43.2 Å². The SMILES string of the molecule is Cc1nc(C(=O)Nc2cc(C(=O)NCCCN3CCN(C)C3=O)ccc2N2CCN(c3ccccc3C)CC2)co1. The lowest BCUT2D eigenvalue weighted by Crippen LogP contribution is -2.47. The third-order valence-corrected chi connectivity index (χ3v) is 7.63. The van der Waals surface area contributed by atoms with Crippen molar-refractivity contribution in [2.24, 2.45) is 0 Å². The van der Waals surface area contributed by atoms with E-state index < -0.39 is 5.91 Å². The van der Waals surface area contributed by atoms with Crippen molar-refractivity contribution in [2.75, 3.05) is 74.5 Å². The van der Waals surface area contributed by atoms with Gasteiger partial charge in [-0.3, -0.25) is 9.59 Å². The van der Waals surface area contributed by atoms with Gasteiger partial charge in [0.25, 0.3) is 11.8 Å². The van der Waals surface area contributed by atoms with Gasteiger partial charge in [0.2, 0.25) is 0 Å². The van der Waals surface area contributed by atoms with Crippen LogP contribution in [0.3, 0.4) is 0 Å². The van der Waals surface area contributed by atoms with Crippen LogP contribution in [0.2, 0.25) is 0 Å². The van der Waals surface area contributed by atoms with Crippen molar-refractivity contribution in [3.63, 3.8) is 0 Å². The van der Waals surface area contributed by atoms with Crippen LogP contribution in [-0.4, -0.2) is 92.0 Å². The van der Waals surface area contributed by atoms with E-state index in [1.807, 2.05) is 12.1 Å². The number of hydrogen-bond donors (Lipinski definition) is 2. The van der Waals surface area contributed by atoms with Crippen molar-refractivity contribution < 1.29 is 18.8 Å². The Kier molecular flexibility index (Phi) is 8.42. The van der Waals surface area contributed by atoms with Gasteiger partial charge in [-0.15, -0.1) is 0 Å². The number of oxazole rings is 1. The first kappa shape index (κ1) is 28.0. The zero-order valence-corrected chi connectivity index (χ0v) is 23.9. The first-order valence-corrected chi connectivity index (χ1v) is 14.0. The summed E-state index contributed by atoms with van der Waals surface area (Å²) < 4.78 is 5.22. The minimum atomic E-state index is -0.403. The summed E-state index contributed by atoms with van der Waals surface area (Å²) >= 11 is 0. The molecule has 11 heteroatoms. The van der Waals surface area contributed by atoms with Gasteiger partial charge >= 0.3 is 6.03 Å². The molecule has 0 unspecified atom stereocenters. The lowest BCUT2D eigenvalue weighted by Gasteiger charge is -2.38. The predicted molar refractivity (Wildman–Crippen MR) is 158 cm³/mol. The molecular weight excluding hydrogens is 522 g/mol. The normalized spacial score (nSPS) is 15.4. The third kappa shape index (κ3) is 6.45. The van der Waals surface area contributed by atoms with E-state index in [4.69, 9.17) is 4.42 Å². The minimum absolute atomic E-state index is 0.0225. The largest absolute Gasteiger partial charge is 0.448 e. The summed E-state index contributed by atoms with van der Waals surface area (Å²) in [6, 6.07) is 13.8. The summed E-state index contributed by atoms with van der Waals surface area (Å²) in [7, 11) is 1.79. The summed E-state index contributed by atoms with van der Waals surface area (Å²) in [6.07, 6.45) is 1.98. The molecule has 2 saturated heterocycles. The number of para-hydroxylation sites is 1. The number of anilines is 3. The Labute approximate surface area is 240 Å². The van der Waals surface area contributed by atoms with Crippen LogP contribution in [0.25, 0.3) is 0 Å². The number of likely N-dealkylation sites (N-methyl/N-ethyl adjacent to an activating group) is 1. The molecular formula is C30H37N7O4. The Morgan fingerprint density at radius 2 is 1.66 bits per heavy atom. The minimum Gasteiger partial charge on any atom is -0.448 e. The fourth-order valence-electron chi connectivity index (χ4n) is 5.30. The second kappa shape index (κ2) is 12.3. The van der Waals surface area contributed by atoms with Crippen molar-refractivity contribution in [2.45, 2.75) is 20.3 Å². The van der Waals surface area contributed by atoms with Crippen molar-refractivity contribution in [1.82, 2.24) is 20.1 Å². The third-order valence-electron chi connectivity index (χ3n) is 7.63. The highest BCUT2D eigenvalue weighted by Crippen LogP contribution is 2.30. The molecule has 0 aliphatic carbocycles. The Morgan fingerprint density at radius 3 is 2.32 bits per heavy atom. The number of carbonyl (C=O) groups is 3. The van der Waals surface area contributed by atoms with E-state index in [-0.39, 0.29) is 17.6 Å². The Morgan fingerprint density at radius 1 is 0.927 bits per heavy atom. The van der Waals surface area contributed by atoms with Crippen LogP contribution in [0, 0.1) is 13.8 Å². The molecule has 2 N–H and O–H groups in total. The van der Waals surface area contributed by atoms with Crippen LogP contribution < -0.4 is 20.4 Å². The maximum absolute atomic E-state index is 13.0. The second-order valence-electron chi connectivity index (χ2n) is 10.5. The highest BCUT2D eigenvalue weighted by atomic mass is 16.3. The molecule has 0 radical (unpaired) electrons. The molecule has 3 aromatic rings. The number of hydrogen-bond acceptors (Lipinski definition) is 7. The zero-order chi connectivity index (χ0) is 28.9. The Balaban J connectivity index is 1.27. The van der Waals surface area contributed by atoms with Crippen molar-refractivity contribution >= 4 is 34.9 Å². The van der Waals surface area contributed by atoms with Gasteiger partial charge in [0.05, 0.1) is 11.4 Å². The summed E-state index contributed by atoms with van der Waals surface area (Å²) in [5, 5.41) is 5.89. The number of benzene rings is 2. The van der Waals surface area contributed by atoms with Crippen molar-refractivity contribution in [3.8, 4) is 0 Å². The highest BCUT2D eigenvalue weighted by molar-refractivity contribution is 6.06. The number of carbonyl (C=O) groups excluding carboxylic acids is 3. The fourth-order valence-corrected chi connectivity index (χ4v) is 5.30. The number of amides is 4. The molecule has 0 atom stereocenters. The number of nitrogens with zero attached hydrogens (tertiary/aromatic N) is 5. The highest BCUT2D eigenvalue weighted by Gasteiger charge is 2.25. The monoisotopic (exact) mass is 559 g/mol. The molecule has 0 spiro atoms. The molecule has 4 amide bonds. The van der Waals surface area contributed by atoms with Crippen LogP contribution in [0.15, 0.2) is 53.1 Å². The molecule has 0 bridgehead atoms. The van der Waals surface area contributed by atoms with Gasteiger partial charge in [0, 0.05) is 77.6 Å². The lowest BCUT2D eigenvalue weighted by atomic mass is 10.1. The summed E-state index contributed by atoms with van der Waals surface area (Å²) in [6.45, 7) is 9.44. The summed E-state index contributed by atoms with van der Waals surface area (Å²) in [5.41, 5.74) is 4.47. The molecule has 0 saturated carbocycles. The van der Waals surface area contributed by atoms with Gasteiger partial charge in [0.1, 0.15) is 6.26 Å². The number of aromatic nitrogens is 1. The molecule has 2 fully saturated rings.